The normalized spacial score (nSPS) is 10.3. The van der Waals surface area contributed by atoms with Gasteiger partial charge in [-0.05, 0) is 23.7 Å². The fourth-order valence-corrected chi connectivity index (χ4v) is 1.63. The molecule has 1 aromatic carbocycles. The van der Waals surface area contributed by atoms with Gasteiger partial charge in [-0.1, -0.05) is 50.5 Å². The van der Waals surface area contributed by atoms with Crippen molar-refractivity contribution in [2.24, 2.45) is 0 Å². The maximum absolute atomic E-state index is 2.72. The van der Waals surface area contributed by atoms with Crippen molar-refractivity contribution in [3.63, 3.8) is 0 Å². The van der Waals surface area contributed by atoms with Gasteiger partial charge in [0, 0.05) is 0 Å². The molecule has 0 nitrogen and oxygen atoms in total. The highest BCUT2D eigenvalue weighted by Crippen LogP contribution is 2.07. The minimum atomic E-state index is 1.24. The molecule has 1 aromatic rings. The topological polar surface area (TPSA) is 0 Å². The Hall–Kier alpha value is -0.350. The second-order valence-electron chi connectivity index (χ2n) is 3.55. The van der Waals surface area contributed by atoms with Crippen molar-refractivity contribution in [2.75, 3.05) is 0 Å². The predicted molar refractivity (Wildman–Crippen MR) is 63.6 cm³/mol. The number of hydrogen-bond acceptors (Lipinski definition) is 0. The van der Waals surface area contributed by atoms with Gasteiger partial charge in [-0.3, -0.25) is 0 Å². The highest BCUT2D eigenvalue weighted by Gasteiger charge is 1.92. The highest BCUT2D eigenvalue weighted by molar-refractivity contribution is 7.27. The quantitative estimate of drug-likeness (QED) is 0.498. The van der Waals surface area contributed by atoms with Crippen LogP contribution in [0.5, 0.6) is 0 Å². The molecule has 0 bridgehead atoms. The number of hydrogen-bond donors (Lipinski definition) is 0. The fourth-order valence-electron chi connectivity index (χ4n) is 1.44. The van der Waals surface area contributed by atoms with E-state index in [1.165, 1.54) is 43.0 Å². The second kappa shape index (κ2) is 6.16. The Balaban J connectivity index is 2.25. The maximum Gasteiger partial charge on any atom is -0.0279 e. The average Bonchev–Trinajstić information content (AvgIpc) is 2.15. The van der Waals surface area contributed by atoms with E-state index in [0.29, 0.717) is 0 Å². The van der Waals surface area contributed by atoms with Crippen molar-refractivity contribution in [1.82, 2.24) is 0 Å². The SMILES string of the molecule is CCCCCCc1ccc(P)cc1. The average molecular weight is 194 g/mol. The molecule has 0 saturated heterocycles. The summed E-state index contributed by atoms with van der Waals surface area (Å²) in [5.74, 6) is 0. The molecule has 1 unspecified atom stereocenters. The highest BCUT2D eigenvalue weighted by atomic mass is 31.0. The molecule has 0 radical (unpaired) electrons. The minimum Gasteiger partial charge on any atom is -0.106 e. The third kappa shape index (κ3) is 4.43. The van der Waals surface area contributed by atoms with Gasteiger partial charge in [0.2, 0.25) is 0 Å². The van der Waals surface area contributed by atoms with Crippen molar-refractivity contribution >= 4 is 14.5 Å². The molecule has 1 heteroatoms. The minimum absolute atomic E-state index is 1.24. The number of rotatable bonds is 5. The summed E-state index contributed by atoms with van der Waals surface area (Å²) in [4.78, 5) is 0. The van der Waals surface area contributed by atoms with Crippen LogP contribution in [0.25, 0.3) is 0 Å². The number of unbranched alkanes of at least 4 members (excludes halogenated alkanes) is 3. The van der Waals surface area contributed by atoms with Gasteiger partial charge >= 0.3 is 0 Å². The van der Waals surface area contributed by atoms with E-state index in [4.69, 9.17) is 0 Å². The number of aryl methyl sites for hydroxylation is 1. The van der Waals surface area contributed by atoms with E-state index in [1.807, 2.05) is 0 Å². The molecule has 13 heavy (non-hydrogen) atoms. The Bertz CT molecular complexity index is 225. The van der Waals surface area contributed by atoms with Crippen LogP contribution in [-0.4, -0.2) is 0 Å². The van der Waals surface area contributed by atoms with Crippen molar-refractivity contribution < 1.29 is 0 Å². The van der Waals surface area contributed by atoms with E-state index >= 15 is 0 Å². The molecule has 0 aliphatic heterocycles. The monoisotopic (exact) mass is 194 g/mol. The van der Waals surface area contributed by atoms with Crippen LogP contribution in [0.15, 0.2) is 24.3 Å². The predicted octanol–water partition coefficient (Wildman–Crippen LogP) is 3.31. The Morgan fingerprint density at radius 2 is 1.69 bits per heavy atom. The molecule has 0 aromatic heterocycles. The molecule has 0 fully saturated rings. The van der Waals surface area contributed by atoms with Gasteiger partial charge in [-0.2, -0.15) is 0 Å². The third-order valence-electron chi connectivity index (χ3n) is 2.30. The van der Waals surface area contributed by atoms with Gasteiger partial charge in [0.25, 0.3) is 0 Å². The zero-order valence-electron chi connectivity index (χ0n) is 8.42. The first kappa shape index (κ1) is 10.7. The lowest BCUT2D eigenvalue weighted by molar-refractivity contribution is 0.667. The van der Waals surface area contributed by atoms with E-state index in [9.17, 15) is 0 Å². The summed E-state index contributed by atoms with van der Waals surface area (Å²) in [6.45, 7) is 2.25. The van der Waals surface area contributed by atoms with Gasteiger partial charge in [0.15, 0.2) is 0 Å². The molecule has 0 amide bonds. The Labute approximate surface area is 84.0 Å². The van der Waals surface area contributed by atoms with E-state index in [2.05, 4.69) is 40.4 Å². The molecule has 72 valence electrons. The molecule has 1 atom stereocenters. The maximum atomic E-state index is 2.72. The Morgan fingerprint density at radius 1 is 1.00 bits per heavy atom. The lowest BCUT2D eigenvalue weighted by Crippen LogP contribution is -1.91. The first-order chi connectivity index (χ1) is 6.33. The molecule has 0 spiro atoms. The summed E-state index contributed by atoms with van der Waals surface area (Å²) in [6.07, 6.45) is 6.65. The Morgan fingerprint density at radius 3 is 2.31 bits per heavy atom. The van der Waals surface area contributed by atoms with Crippen LogP contribution in [0.4, 0.5) is 0 Å². The van der Waals surface area contributed by atoms with Gasteiger partial charge in [0.1, 0.15) is 0 Å². The van der Waals surface area contributed by atoms with Crippen molar-refractivity contribution in [3.05, 3.63) is 29.8 Å². The largest absolute Gasteiger partial charge is 0.106 e. The van der Waals surface area contributed by atoms with Gasteiger partial charge in [0.05, 0.1) is 0 Å². The third-order valence-corrected chi connectivity index (χ3v) is 2.68. The first-order valence-electron chi connectivity index (χ1n) is 5.17. The van der Waals surface area contributed by atoms with Crippen LogP contribution in [0.1, 0.15) is 38.2 Å². The van der Waals surface area contributed by atoms with E-state index in [-0.39, 0.29) is 0 Å². The summed E-state index contributed by atoms with van der Waals surface area (Å²) < 4.78 is 0. The zero-order chi connectivity index (χ0) is 9.52. The van der Waals surface area contributed by atoms with Crippen molar-refractivity contribution in [3.8, 4) is 0 Å². The fraction of sp³-hybridized carbons (Fsp3) is 0.500. The molecule has 0 N–H and O–H groups in total. The summed E-state index contributed by atoms with van der Waals surface area (Å²) >= 11 is 0. The summed E-state index contributed by atoms with van der Waals surface area (Å²) in [5, 5.41) is 1.28. The molecule has 0 aliphatic carbocycles. The Kier molecular flexibility index (Phi) is 5.08. The van der Waals surface area contributed by atoms with Crippen LogP contribution in [0, 0.1) is 0 Å². The molecular weight excluding hydrogens is 175 g/mol. The number of benzene rings is 1. The zero-order valence-corrected chi connectivity index (χ0v) is 9.58. The lowest BCUT2D eigenvalue weighted by atomic mass is 10.1. The van der Waals surface area contributed by atoms with Crippen LogP contribution in [0.2, 0.25) is 0 Å². The summed E-state index contributed by atoms with van der Waals surface area (Å²) in [6, 6.07) is 8.79. The van der Waals surface area contributed by atoms with Crippen LogP contribution in [0.3, 0.4) is 0 Å². The van der Waals surface area contributed by atoms with Crippen molar-refractivity contribution in [1.29, 1.82) is 0 Å². The molecule has 1 rings (SSSR count). The summed E-state index contributed by atoms with van der Waals surface area (Å²) in [5.41, 5.74) is 1.47. The molecule has 0 heterocycles. The van der Waals surface area contributed by atoms with Crippen LogP contribution >= 0.6 is 9.24 Å². The van der Waals surface area contributed by atoms with E-state index in [0.717, 1.165) is 0 Å². The molecule has 0 aliphatic rings. The molecule has 0 saturated carbocycles. The summed E-state index contributed by atoms with van der Waals surface area (Å²) in [7, 11) is 2.72. The van der Waals surface area contributed by atoms with Gasteiger partial charge in [-0.25, -0.2) is 0 Å². The van der Waals surface area contributed by atoms with Crippen LogP contribution in [-0.2, 0) is 6.42 Å². The standard InChI is InChI=1S/C12H19P/c1-2-3-4-5-6-11-7-9-12(13)10-8-11/h7-10H,2-6,13H2,1H3. The van der Waals surface area contributed by atoms with Gasteiger partial charge < -0.3 is 0 Å². The van der Waals surface area contributed by atoms with E-state index in [1.54, 1.807) is 0 Å². The van der Waals surface area contributed by atoms with Gasteiger partial charge in [-0.15, -0.1) is 9.24 Å². The van der Waals surface area contributed by atoms with Crippen LogP contribution < -0.4 is 5.30 Å². The lowest BCUT2D eigenvalue weighted by Gasteiger charge is -2.01. The smallest absolute Gasteiger partial charge is 0.0279 e. The first-order valence-corrected chi connectivity index (χ1v) is 5.75. The van der Waals surface area contributed by atoms with E-state index < -0.39 is 0 Å². The second-order valence-corrected chi connectivity index (χ2v) is 4.22. The van der Waals surface area contributed by atoms with Crippen molar-refractivity contribution in [2.45, 2.75) is 39.0 Å². The molecular formula is C12H19P.